The average molecular weight is 564 g/mol. The van der Waals surface area contributed by atoms with Crippen molar-refractivity contribution < 1.29 is 23.1 Å². The van der Waals surface area contributed by atoms with Crippen molar-refractivity contribution in [3.8, 4) is 28.4 Å². The number of rotatable bonds is 10. The molecule has 0 spiro atoms. The Kier molecular flexibility index (Phi) is 9.08. The zero-order valence-corrected chi connectivity index (χ0v) is 23.9. The number of ether oxygens (including phenoxy) is 1. The van der Waals surface area contributed by atoms with Crippen LogP contribution >= 0.6 is 11.6 Å². The minimum atomic E-state index is -2.74. The Bertz CT molecular complexity index is 1270. The van der Waals surface area contributed by atoms with Crippen LogP contribution in [0.2, 0.25) is 5.02 Å². The van der Waals surface area contributed by atoms with Crippen LogP contribution in [0.3, 0.4) is 0 Å². The van der Waals surface area contributed by atoms with Crippen LogP contribution in [0.4, 0.5) is 14.6 Å². The predicted molar refractivity (Wildman–Crippen MR) is 148 cm³/mol. The van der Waals surface area contributed by atoms with Crippen LogP contribution in [-0.4, -0.2) is 76.5 Å². The van der Waals surface area contributed by atoms with Gasteiger partial charge in [0.05, 0.1) is 34.6 Å². The fourth-order valence-corrected chi connectivity index (χ4v) is 5.08. The van der Waals surface area contributed by atoms with Crippen molar-refractivity contribution in [2.45, 2.75) is 59.5 Å². The number of alkyl halides is 2. The van der Waals surface area contributed by atoms with Crippen molar-refractivity contribution in [3.63, 3.8) is 0 Å². The standard InChI is InChI=1S/C28H36ClF2N5O3/c1-6-7-20(37)15-38-21-8-9-23(29)22(14-21)26-32-25(24-18(3)34-39-19(24)4)17(2)27(33-26)36-12-10-35(11-13-36)16-28(5,30)31/h8-9,14,20,37H,6-7,10-13,15-16H2,1-5H3/t20-/m1/s1. The number of halogens is 3. The zero-order chi connectivity index (χ0) is 28.3. The largest absolute Gasteiger partial charge is 0.491 e. The Morgan fingerprint density at radius 1 is 1.15 bits per heavy atom. The lowest BCUT2D eigenvalue weighted by Crippen LogP contribution is -2.49. The van der Waals surface area contributed by atoms with Crippen LogP contribution in [0.15, 0.2) is 22.7 Å². The number of aliphatic hydroxyl groups is 1. The molecule has 1 aliphatic rings. The van der Waals surface area contributed by atoms with Crippen LogP contribution in [-0.2, 0) is 0 Å². The molecule has 39 heavy (non-hydrogen) atoms. The van der Waals surface area contributed by atoms with Crippen molar-refractivity contribution in [3.05, 3.63) is 40.2 Å². The number of aryl methyl sites for hydroxylation is 2. The van der Waals surface area contributed by atoms with E-state index in [2.05, 4.69) is 10.1 Å². The third kappa shape index (κ3) is 7.04. The van der Waals surface area contributed by atoms with Gasteiger partial charge in [0, 0.05) is 44.2 Å². The van der Waals surface area contributed by atoms with Gasteiger partial charge in [0.1, 0.15) is 23.9 Å². The molecule has 1 atom stereocenters. The van der Waals surface area contributed by atoms with Gasteiger partial charge in [-0.2, -0.15) is 0 Å². The SMILES string of the molecule is CCC[C@@H](O)COc1ccc(Cl)c(-c2nc(-c3c(C)noc3C)c(C)c(N3CCN(CC(C)(F)F)CC3)n2)c1. The molecule has 0 radical (unpaired) electrons. The highest BCUT2D eigenvalue weighted by Crippen LogP contribution is 2.37. The van der Waals surface area contributed by atoms with Gasteiger partial charge in [-0.3, -0.25) is 4.90 Å². The molecule has 4 rings (SSSR count). The normalized spacial score (nSPS) is 15.6. The van der Waals surface area contributed by atoms with Crippen LogP contribution in [0, 0.1) is 20.8 Å². The second-order valence-corrected chi connectivity index (χ2v) is 10.7. The summed E-state index contributed by atoms with van der Waals surface area (Å²) in [6.07, 6.45) is 0.944. The van der Waals surface area contributed by atoms with Gasteiger partial charge in [0.2, 0.25) is 0 Å². The van der Waals surface area contributed by atoms with E-state index in [9.17, 15) is 13.9 Å². The van der Waals surface area contributed by atoms with Gasteiger partial charge in [-0.1, -0.05) is 30.1 Å². The number of nitrogens with zero attached hydrogens (tertiary/aromatic N) is 5. The molecule has 3 aromatic rings. The Labute approximate surface area is 232 Å². The van der Waals surface area contributed by atoms with Crippen LogP contribution < -0.4 is 9.64 Å². The highest BCUT2D eigenvalue weighted by molar-refractivity contribution is 6.33. The number of benzene rings is 1. The molecule has 1 fully saturated rings. The summed E-state index contributed by atoms with van der Waals surface area (Å²) < 4.78 is 38.5. The third-order valence-corrected chi connectivity index (χ3v) is 7.14. The zero-order valence-electron chi connectivity index (χ0n) is 23.1. The molecule has 0 saturated carbocycles. The first-order valence-corrected chi connectivity index (χ1v) is 13.6. The van der Waals surface area contributed by atoms with E-state index >= 15 is 0 Å². The number of anilines is 1. The molecule has 1 aliphatic heterocycles. The fourth-order valence-electron chi connectivity index (χ4n) is 4.88. The van der Waals surface area contributed by atoms with Gasteiger partial charge in [-0.15, -0.1) is 0 Å². The van der Waals surface area contributed by atoms with Gasteiger partial charge >= 0.3 is 0 Å². The minimum absolute atomic E-state index is 0.167. The maximum Gasteiger partial charge on any atom is 0.257 e. The Morgan fingerprint density at radius 3 is 2.49 bits per heavy atom. The molecule has 1 N–H and O–H groups in total. The van der Waals surface area contributed by atoms with Gasteiger partial charge in [0.25, 0.3) is 5.92 Å². The Morgan fingerprint density at radius 2 is 1.87 bits per heavy atom. The van der Waals surface area contributed by atoms with Gasteiger partial charge in [0.15, 0.2) is 5.82 Å². The fraction of sp³-hybridized carbons (Fsp3) is 0.536. The van der Waals surface area contributed by atoms with Crippen molar-refractivity contribution in [1.82, 2.24) is 20.0 Å². The highest BCUT2D eigenvalue weighted by Gasteiger charge is 2.30. The molecular formula is C28H36ClF2N5O3. The lowest BCUT2D eigenvalue weighted by molar-refractivity contribution is -0.0155. The number of piperazine rings is 1. The summed E-state index contributed by atoms with van der Waals surface area (Å²) in [5.41, 5.74) is 3.59. The molecule has 8 nitrogen and oxygen atoms in total. The predicted octanol–water partition coefficient (Wildman–Crippen LogP) is 5.69. The van der Waals surface area contributed by atoms with E-state index in [4.69, 9.17) is 30.8 Å². The topological polar surface area (TPSA) is 87.7 Å². The van der Waals surface area contributed by atoms with Gasteiger partial charge in [-0.05, 0) is 45.4 Å². The van der Waals surface area contributed by atoms with E-state index in [1.165, 1.54) is 0 Å². The van der Waals surface area contributed by atoms with E-state index < -0.39 is 12.0 Å². The molecule has 11 heteroatoms. The highest BCUT2D eigenvalue weighted by atomic mass is 35.5. The Hall–Kier alpha value is -2.82. The van der Waals surface area contributed by atoms with Crippen LogP contribution in [0.1, 0.15) is 43.7 Å². The molecule has 212 valence electrons. The number of aromatic nitrogens is 3. The van der Waals surface area contributed by atoms with Gasteiger partial charge in [-0.25, -0.2) is 18.7 Å². The minimum Gasteiger partial charge on any atom is -0.491 e. The summed E-state index contributed by atoms with van der Waals surface area (Å²) in [6.45, 7) is 10.6. The van der Waals surface area contributed by atoms with Crippen molar-refractivity contribution >= 4 is 17.4 Å². The Balaban J connectivity index is 1.73. The maximum atomic E-state index is 13.6. The second kappa shape index (κ2) is 12.1. The number of aliphatic hydroxyl groups excluding tert-OH is 1. The smallest absolute Gasteiger partial charge is 0.257 e. The van der Waals surface area contributed by atoms with Crippen LogP contribution in [0.5, 0.6) is 5.75 Å². The molecule has 0 unspecified atom stereocenters. The first kappa shape index (κ1) is 29.2. The monoisotopic (exact) mass is 563 g/mol. The summed E-state index contributed by atoms with van der Waals surface area (Å²) in [5.74, 6) is -0.457. The van der Waals surface area contributed by atoms with E-state index in [-0.39, 0.29) is 13.2 Å². The summed E-state index contributed by atoms with van der Waals surface area (Å²) in [5, 5.41) is 14.7. The van der Waals surface area contributed by atoms with E-state index in [1.807, 2.05) is 27.7 Å². The molecule has 2 aromatic heterocycles. The first-order valence-electron chi connectivity index (χ1n) is 13.2. The molecule has 0 aliphatic carbocycles. The maximum absolute atomic E-state index is 13.6. The molecule has 0 amide bonds. The molecule has 1 saturated heterocycles. The first-order chi connectivity index (χ1) is 18.5. The van der Waals surface area contributed by atoms with Crippen molar-refractivity contribution in [1.29, 1.82) is 0 Å². The lowest BCUT2D eigenvalue weighted by Gasteiger charge is -2.37. The van der Waals surface area contributed by atoms with E-state index in [0.29, 0.717) is 77.7 Å². The van der Waals surface area contributed by atoms with E-state index in [1.54, 1.807) is 23.1 Å². The third-order valence-electron chi connectivity index (χ3n) is 6.81. The molecule has 1 aromatic carbocycles. The van der Waals surface area contributed by atoms with E-state index in [0.717, 1.165) is 24.5 Å². The van der Waals surface area contributed by atoms with Crippen molar-refractivity contribution in [2.24, 2.45) is 0 Å². The quantitative estimate of drug-likeness (QED) is 0.336. The average Bonchev–Trinajstić information content (AvgIpc) is 3.21. The van der Waals surface area contributed by atoms with Crippen LogP contribution in [0.25, 0.3) is 22.6 Å². The summed E-state index contributed by atoms with van der Waals surface area (Å²) >= 11 is 6.63. The number of hydrogen-bond donors (Lipinski definition) is 1. The number of hydrogen-bond acceptors (Lipinski definition) is 8. The molecule has 0 bridgehead atoms. The van der Waals surface area contributed by atoms with Gasteiger partial charge < -0.3 is 19.3 Å². The molecular weight excluding hydrogens is 528 g/mol. The van der Waals surface area contributed by atoms with Crippen molar-refractivity contribution in [2.75, 3.05) is 44.2 Å². The lowest BCUT2D eigenvalue weighted by atomic mass is 10.0. The summed E-state index contributed by atoms with van der Waals surface area (Å²) in [6, 6.07) is 5.24. The second-order valence-electron chi connectivity index (χ2n) is 10.3. The summed E-state index contributed by atoms with van der Waals surface area (Å²) in [7, 11) is 0. The molecule has 3 heterocycles. The summed E-state index contributed by atoms with van der Waals surface area (Å²) in [4.78, 5) is 13.7.